The van der Waals surface area contributed by atoms with Crippen LogP contribution in [0.25, 0.3) is 0 Å². The first-order valence-electron chi connectivity index (χ1n) is 9.15. The van der Waals surface area contributed by atoms with Crippen molar-refractivity contribution in [2.24, 2.45) is 5.92 Å². The van der Waals surface area contributed by atoms with Gasteiger partial charge in [-0.1, -0.05) is 31.2 Å². The molecule has 0 radical (unpaired) electrons. The largest absolute Gasteiger partial charge is 0.342 e. The van der Waals surface area contributed by atoms with E-state index in [1.165, 1.54) is 0 Å². The summed E-state index contributed by atoms with van der Waals surface area (Å²) in [4.78, 5) is 25.5. The summed E-state index contributed by atoms with van der Waals surface area (Å²) in [5.74, 6) is 0.0842. The van der Waals surface area contributed by atoms with Crippen LogP contribution in [0.3, 0.4) is 0 Å². The molecule has 0 saturated carbocycles. The number of aromatic nitrogens is 4. The maximum absolute atomic E-state index is 13.0. The maximum Gasteiger partial charge on any atom is 0.254 e. The van der Waals surface area contributed by atoms with E-state index >= 15 is 0 Å². The molecule has 2 aromatic rings. The Morgan fingerprint density at radius 2 is 2.11 bits per heavy atom. The number of aryl methyl sites for hydroxylation is 1. The van der Waals surface area contributed by atoms with E-state index in [9.17, 15) is 9.59 Å². The zero-order valence-corrected chi connectivity index (χ0v) is 15.7. The maximum atomic E-state index is 13.0. The number of H-pyrrole nitrogens is 1. The Bertz CT molecular complexity index is 798. The van der Waals surface area contributed by atoms with E-state index in [0.29, 0.717) is 17.1 Å². The number of tetrazole rings is 1. The van der Waals surface area contributed by atoms with Gasteiger partial charge in [0.05, 0.1) is 23.3 Å². The fourth-order valence-corrected chi connectivity index (χ4v) is 3.25. The molecule has 1 saturated heterocycles. The number of amides is 2. The number of aromatic amines is 1. The van der Waals surface area contributed by atoms with E-state index in [-0.39, 0.29) is 23.8 Å². The lowest BCUT2D eigenvalue weighted by atomic mass is 10.0. The fourth-order valence-electron chi connectivity index (χ4n) is 3.25. The van der Waals surface area contributed by atoms with Crippen molar-refractivity contribution >= 4 is 17.5 Å². The van der Waals surface area contributed by atoms with Crippen LogP contribution in [0.4, 0.5) is 5.69 Å². The quantitative estimate of drug-likeness (QED) is 0.607. The van der Waals surface area contributed by atoms with Crippen LogP contribution in [0.2, 0.25) is 0 Å². The first-order valence-corrected chi connectivity index (χ1v) is 9.15. The molecule has 1 aliphatic rings. The smallest absolute Gasteiger partial charge is 0.254 e. The lowest BCUT2D eigenvalue weighted by Gasteiger charge is -2.21. The molecule has 2 heterocycles. The minimum absolute atomic E-state index is 0.0660. The zero-order valence-electron chi connectivity index (χ0n) is 15.7. The standard InChI is InChI=1S/C18H25N7O2/c1-10(2)15(16-22-24-25-23-16)21-18(27)14-11(3)6-4-7-12(14)20-17(26)13-8-5-9-19-13/h4,6-7,10,13,15,19H,5,8-9H2,1-3H3,(H,20,26)(H,21,27)(H,22,23,24,25)/t13-,15-/m0/s1. The molecule has 9 nitrogen and oxygen atoms in total. The average Bonchev–Trinajstić information content (AvgIpc) is 3.33. The van der Waals surface area contributed by atoms with Crippen LogP contribution in [-0.4, -0.2) is 45.0 Å². The van der Waals surface area contributed by atoms with Crippen molar-refractivity contribution in [2.75, 3.05) is 11.9 Å². The summed E-state index contributed by atoms with van der Waals surface area (Å²) in [5, 5.41) is 23.0. The molecule has 4 N–H and O–H groups in total. The molecule has 3 rings (SSSR count). The van der Waals surface area contributed by atoms with E-state index in [2.05, 4.69) is 36.6 Å². The number of carbonyl (C=O) groups is 2. The number of benzene rings is 1. The average molecular weight is 371 g/mol. The minimum atomic E-state index is -0.393. The first kappa shape index (κ1) is 19.0. The summed E-state index contributed by atoms with van der Waals surface area (Å²) in [5.41, 5.74) is 1.72. The molecule has 0 unspecified atom stereocenters. The van der Waals surface area contributed by atoms with E-state index in [0.717, 1.165) is 24.9 Å². The molecular weight excluding hydrogens is 346 g/mol. The zero-order chi connectivity index (χ0) is 19.4. The third-order valence-corrected chi connectivity index (χ3v) is 4.73. The molecule has 0 aliphatic carbocycles. The topological polar surface area (TPSA) is 125 Å². The highest BCUT2D eigenvalue weighted by atomic mass is 16.2. The molecule has 1 aromatic carbocycles. The lowest BCUT2D eigenvalue weighted by Crippen LogP contribution is -2.37. The van der Waals surface area contributed by atoms with E-state index in [1.54, 1.807) is 6.07 Å². The summed E-state index contributed by atoms with van der Waals surface area (Å²) < 4.78 is 0. The molecule has 2 atom stereocenters. The highest BCUT2D eigenvalue weighted by Gasteiger charge is 2.27. The summed E-state index contributed by atoms with van der Waals surface area (Å²) >= 11 is 0. The molecule has 144 valence electrons. The molecule has 0 spiro atoms. The summed E-state index contributed by atoms with van der Waals surface area (Å²) in [6.45, 7) is 6.61. The van der Waals surface area contributed by atoms with Gasteiger partial charge in [-0.15, -0.1) is 10.2 Å². The van der Waals surface area contributed by atoms with Crippen LogP contribution >= 0.6 is 0 Å². The van der Waals surface area contributed by atoms with Crippen LogP contribution < -0.4 is 16.0 Å². The third-order valence-electron chi connectivity index (χ3n) is 4.73. The van der Waals surface area contributed by atoms with E-state index in [4.69, 9.17) is 0 Å². The number of hydrogen-bond donors (Lipinski definition) is 4. The van der Waals surface area contributed by atoms with Crippen LogP contribution in [-0.2, 0) is 4.79 Å². The predicted molar refractivity (Wildman–Crippen MR) is 100 cm³/mol. The van der Waals surface area contributed by atoms with Gasteiger partial charge in [0.25, 0.3) is 5.91 Å². The molecular formula is C18H25N7O2. The lowest BCUT2D eigenvalue weighted by molar-refractivity contribution is -0.117. The highest BCUT2D eigenvalue weighted by molar-refractivity contribution is 6.06. The van der Waals surface area contributed by atoms with Crippen molar-refractivity contribution in [3.05, 3.63) is 35.2 Å². The third kappa shape index (κ3) is 4.30. The van der Waals surface area contributed by atoms with Crippen molar-refractivity contribution in [2.45, 2.75) is 45.7 Å². The number of nitrogens with one attached hydrogen (secondary N) is 4. The highest BCUT2D eigenvalue weighted by Crippen LogP contribution is 2.23. The monoisotopic (exact) mass is 371 g/mol. The normalized spacial score (nSPS) is 17.7. The summed E-state index contributed by atoms with van der Waals surface area (Å²) in [6.07, 6.45) is 1.77. The van der Waals surface area contributed by atoms with Crippen molar-refractivity contribution in [1.29, 1.82) is 0 Å². The van der Waals surface area contributed by atoms with Gasteiger partial charge in [0.15, 0.2) is 5.82 Å². The Morgan fingerprint density at radius 1 is 1.30 bits per heavy atom. The molecule has 0 bridgehead atoms. The molecule has 1 fully saturated rings. The van der Waals surface area contributed by atoms with Crippen molar-refractivity contribution < 1.29 is 9.59 Å². The molecule has 1 aliphatic heterocycles. The number of hydrogen-bond acceptors (Lipinski definition) is 6. The Kier molecular flexibility index (Phi) is 5.80. The van der Waals surface area contributed by atoms with Crippen LogP contribution in [0.1, 0.15) is 54.5 Å². The SMILES string of the molecule is Cc1cccc(NC(=O)[C@@H]2CCCN2)c1C(=O)N[C@H](c1nn[nH]n1)C(C)C. The second-order valence-electron chi connectivity index (χ2n) is 7.10. The second-order valence-corrected chi connectivity index (χ2v) is 7.10. The van der Waals surface area contributed by atoms with E-state index < -0.39 is 6.04 Å². The van der Waals surface area contributed by atoms with Crippen LogP contribution in [0.5, 0.6) is 0 Å². The Labute approximate surface area is 157 Å². The van der Waals surface area contributed by atoms with Crippen LogP contribution in [0, 0.1) is 12.8 Å². The molecule has 27 heavy (non-hydrogen) atoms. The van der Waals surface area contributed by atoms with Crippen LogP contribution in [0.15, 0.2) is 18.2 Å². The van der Waals surface area contributed by atoms with Gasteiger partial charge in [-0.25, -0.2) is 0 Å². The van der Waals surface area contributed by atoms with Gasteiger partial charge in [0.2, 0.25) is 5.91 Å². The second kappa shape index (κ2) is 8.26. The van der Waals surface area contributed by atoms with Gasteiger partial charge in [-0.05, 0) is 43.9 Å². The van der Waals surface area contributed by atoms with Gasteiger partial charge >= 0.3 is 0 Å². The Hall–Kier alpha value is -2.81. The number of anilines is 1. The molecule has 2 amide bonds. The Morgan fingerprint density at radius 3 is 2.74 bits per heavy atom. The summed E-state index contributed by atoms with van der Waals surface area (Å²) in [7, 11) is 0. The van der Waals surface area contributed by atoms with Gasteiger partial charge in [0, 0.05) is 0 Å². The summed E-state index contributed by atoms with van der Waals surface area (Å²) in [6, 6.07) is 4.80. The molecule has 9 heteroatoms. The van der Waals surface area contributed by atoms with Gasteiger partial charge in [-0.3, -0.25) is 9.59 Å². The number of rotatable bonds is 6. The van der Waals surface area contributed by atoms with E-state index in [1.807, 2.05) is 32.9 Å². The Balaban J connectivity index is 1.82. The molecule has 1 aromatic heterocycles. The van der Waals surface area contributed by atoms with Crippen molar-refractivity contribution in [3.63, 3.8) is 0 Å². The van der Waals surface area contributed by atoms with Crippen molar-refractivity contribution in [1.82, 2.24) is 31.3 Å². The van der Waals surface area contributed by atoms with Crippen molar-refractivity contribution in [3.8, 4) is 0 Å². The number of nitrogens with zero attached hydrogens (tertiary/aromatic N) is 3. The fraction of sp³-hybridized carbons (Fsp3) is 0.500. The number of carbonyl (C=O) groups excluding carboxylic acids is 2. The van der Waals surface area contributed by atoms with Gasteiger partial charge in [-0.2, -0.15) is 5.21 Å². The predicted octanol–water partition coefficient (Wildman–Crippen LogP) is 1.33. The first-order chi connectivity index (χ1) is 13.0. The van der Waals surface area contributed by atoms with Gasteiger partial charge in [0.1, 0.15) is 0 Å². The van der Waals surface area contributed by atoms with Gasteiger partial charge < -0.3 is 16.0 Å². The minimum Gasteiger partial charge on any atom is -0.342 e.